The molecule has 0 bridgehead atoms. The maximum absolute atomic E-state index is 12.3. The van der Waals surface area contributed by atoms with Gasteiger partial charge in [0.15, 0.2) is 0 Å². The molecule has 2 fully saturated rings. The van der Waals surface area contributed by atoms with Crippen molar-refractivity contribution in [3.8, 4) is 0 Å². The van der Waals surface area contributed by atoms with Crippen molar-refractivity contribution in [2.45, 2.75) is 25.8 Å². The van der Waals surface area contributed by atoms with Crippen LogP contribution >= 0.6 is 12.4 Å². The molecule has 6 heteroatoms. The monoisotopic (exact) mass is 311 g/mol. The Hall–Kier alpha value is -1.33. The van der Waals surface area contributed by atoms with Crippen LogP contribution in [0.3, 0.4) is 0 Å². The lowest BCUT2D eigenvalue weighted by Crippen LogP contribution is -2.45. The summed E-state index contributed by atoms with van der Waals surface area (Å²) < 4.78 is 1.48. The highest BCUT2D eigenvalue weighted by atomic mass is 35.5. The van der Waals surface area contributed by atoms with Gasteiger partial charge in [-0.25, -0.2) is 0 Å². The summed E-state index contributed by atoms with van der Waals surface area (Å²) in [5.74, 6) is 0.0547. The first-order valence-corrected chi connectivity index (χ1v) is 7.33. The third kappa shape index (κ3) is 3.47. The molecule has 0 aromatic carbocycles. The number of amides is 1. The van der Waals surface area contributed by atoms with Gasteiger partial charge in [0, 0.05) is 31.9 Å². The Morgan fingerprint density at radius 2 is 2.00 bits per heavy atom. The number of piperidine rings is 1. The summed E-state index contributed by atoms with van der Waals surface area (Å²) >= 11 is 0. The van der Waals surface area contributed by atoms with Crippen molar-refractivity contribution in [1.29, 1.82) is 0 Å². The Morgan fingerprint density at radius 1 is 1.24 bits per heavy atom. The summed E-state index contributed by atoms with van der Waals surface area (Å²) in [5, 5.41) is 3.43. The van der Waals surface area contributed by atoms with Crippen molar-refractivity contribution in [2.24, 2.45) is 5.41 Å². The first-order valence-electron chi connectivity index (χ1n) is 7.33. The molecule has 116 valence electrons. The first-order chi connectivity index (χ1) is 9.69. The Labute approximate surface area is 130 Å². The standard InChI is InChI=1S/C15H21N3O2.ClH/c19-13-3-1-2-8-18(13)11-14(20)17-9-5-15(6-10-17)4-7-16-12-15;/h1-3,8,16H,4-7,9-12H2;1H. The summed E-state index contributed by atoms with van der Waals surface area (Å²) in [6.45, 7) is 4.00. The van der Waals surface area contributed by atoms with E-state index in [-0.39, 0.29) is 30.4 Å². The van der Waals surface area contributed by atoms with Gasteiger partial charge >= 0.3 is 0 Å². The molecule has 0 saturated carbocycles. The fraction of sp³-hybridized carbons (Fsp3) is 0.600. The molecule has 0 unspecified atom stereocenters. The van der Waals surface area contributed by atoms with Gasteiger partial charge in [0.2, 0.25) is 5.91 Å². The summed E-state index contributed by atoms with van der Waals surface area (Å²) in [4.78, 5) is 25.8. The van der Waals surface area contributed by atoms with Crippen molar-refractivity contribution in [2.75, 3.05) is 26.2 Å². The second-order valence-electron chi connectivity index (χ2n) is 5.97. The van der Waals surface area contributed by atoms with Gasteiger partial charge in [-0.2, -0.15) is 0 Å². The Bertz CT molecular complexity index is 542. The maximum Gasteiger partial charge on any atom is 0.250 e. The molecule has 0 radical (unpaired) electrons. The van der Waals surface area contributed by atoms with Crippen molar-refractivity contribution >= 4 is 18.3 Å². The third-order valence-electron chi connectivity index (χ3n) is 4.71. The fourth-order valence-electron chi connectivity index (χ4n) is 3.29. The summed E-state index contributed by atoms with van der Waals surface area (Å²) in [5.41, 5.74) is 0.301. The van der Waals surface area contributed by atoms with Gasteiger partial charge in [0.25, 0.3) is 5.56 Å². The molecule has 1 amide bonds. The zero-order chi connectivity index (χ0) is 14.0. The van der Waals surface area contributed by atoms with Gasteiger partial charge in [0.1, 0.15) is 6.54 Å². The molecule has 2 aliphatic heterocycles. The van der Waals surface area contributed by atoms with E-state index in [0.29, 0.717) is 5.41 Å². The molecule has 0 atom stereocenters. The van der Waals surface area contributed by atoms with Crippen LogP contribution in [0, 0.1) is 5.41 Å². The van der Waals surface area contributed by atoms with Crippen LogP contribution < -0.4 is 10.9 Å². The SMILES string of the molecule is Cl.O=C(Cn1ccccc1=O)N1CCC2(CCNC2)CC1. The molecule has 3 heterocycles. The summed E-state index contributed by atoms with van der Waals surface area (Å²) in [7, 11) is 0. The smallest absolute Gasteiger partial charge is 0.250 e. The maximum atomic E-state index is 12.3. The van der Waals surface area contributed by atoms with Crippen LogP contribution in [0.25, 0.3) is 0 Å². The van der Waals surface area contributed by atoms with Crippen molar-refractivity contribution in [3.05, 3.63) is 34.7 Å². The van der Waals surface area contributed by atoms with E-state index in [2.05, 4.69) is 5.32 Å². The fourth-order valence-corrected chi connectivity index (χ4v) is 3.29. The van der Waals surface area contributed by atoms with E-state index in [4.69, 9.17) is 0 Å². The Kier molecular flexibility index (Phi) is 5.06. The molecule has 1 N–H and O–H groups in total. The minimum Gasteiger partial charge on any atom is -0.341 e. The summed E-state index contributed by atoms with van der Waals surface area (Å²) in [6, 6.07) is 4.97. The number of nitrogens with zero attached hydrogens (tertiary/aromatic N) is 2. The quantitative estimate of drug-likeness (QED) is 0.882. The number of likely N-dealkylation sites (tertiary alicyclic amines) is 1. The van der Waals surface area contributed by atoms with Crippen molar-refractivity contribution in [3.63, 3.8) is 0 Å². The molecule has 0 aliphatic carbocycles. The number of carbonyl (C=O) groups is 1. The number of nitrogens with one attached hydrogen (secondary N) is 1. The average molecular weight is 312 g/mol. The van der Waals surface area contributed by atoms with E-state index in [1.54, 1.807) is 18.3 Å². The topological polar surface area (TPSA) is 54.3 Å². The zero-order valence-electron chi connectivity index (χ0n) is 12.1. The number of hydrogen-bond acceptors (Lipinski definition) is 3. The summed E-state index contributed by atoms with van der Waals surface area (Å²) in [6.07, 6.45) is 5.06. The van der Waals surface area contributed by atoms with E-state index in [0.717, 1.165) is 39.0 Å². The molecule has 2 saturated heterocycles. The van der Waals surface area contributed by atoms with E-state index < -0.39 is 0 Å². The first kappa shape index (κ1) is 16.0. The van der Waals surface area contributed by atoms with Crippen molar-refractivity contribution in [1.82, 2.24) is 14.8 Å². The lowest BCUT2D eigenvalue weighted by Gasteiger charge is -2.38. The van der Waals surface area contributed by atoms with Gasteiger partial charge in [-0.1, -0.05) is 6.07 Å². The molecule has 1 aromatic rings. The highest BCUT2D eigenvalue weighted by Gasteiger charge is 2.37. The molecule has 1 spiro atoms. The van der Waals surface area contributed by atoms with Gasteiger partial charge < -0.3 is 14.8 Å². The average Bonchev–Trinajstić information content (AvgIpc) is 2.90. The van der Waals surface area contributed by atoms with Crippen LogP contribution in [0.15, 0.2) is 29.2 Å². The van der Waals surface area contributed by atoms with Crippen LogP contribution in [-0.2, 0) is 11.3 Å². The number of aromatic nitrogens is 1. The number of halogens is 1. The largest absolute Gasteiger partial charge is 0.341 e. The Balaban J connectivity index is 0.00000161. The molecule has 1 aromatic heterocycles. The molecule has 3 rings (SSSR count). The van der Waals surface area contributed by atoms with Crippen LogP contribution in [-0.4, -0.2) is 41.6 Å². The van der Waals surface area contributed by atoms with E-state index in [1.807, 2.05) is 4.90 Å². The highest BCUT2D eigenvalue weighted by molar-refractivity contribution is 5.85. The van der Waals surface area contributed by atoms with E-state index >= 15 is 0 Å². The number of rotatable bonds is 2. The molecular weight excluding hydrogens is 290 g/mol. The third-order valence-corrected chi connectivity index (χ3v) is 4.71. The predicted octanol–water partition coefficient (Wildman–Crippen LogP) is 0.872. The minimum absolute atomic E-state index is 0. The number of carbonyl (C=O) groups excluding carboxylic acids is 1. The number of hydrogen-bond donors (Lipinski definition) is 1. The Morgan fingerprint density at radius 3 is 2.62 bits per heavy atom. The zero-order valence-corrected chi connectivity index (χ0v) is 12.9. The molecular formula is C15H22ClN3O2. The predicted molar refractivity (Wildman–Crippen MR) is 83.7 cm³/mol. The molecule has 2 aliphatic rings. The second-order valence-corrected chi connectivity index (χ2v) is 5.97. The number of pyridine rings is 1. The normalized spacial score (nSPS) is 20.3. The highest BCUT2D eigenvalue weighted by Crippen LogP contribution is 2.36. The molecule has 21 heavy (non-hydrogen) atoms. The van der Waals surface area contributed by atoms with Gasteiger partial charge in [-0.3, -0.25) is 9.59 Å². The van der Waals surface area contributed by atoms with Gasteiger partial charge in [0.05, 0.1) is 0 Å². The second kappa shape index (κ2) is 6.62. The lowest BCUT2D eigenvalue weighted by atomic mass is 9.78. The van der Waals surface area contributed by atoms with Crippen molar-refractivity contribution < 1.29 is 4.79 Å². The van der Waals surface area contributed by atoms with Crippen LogP contribution in [0.5, 0.6) is 0 Å². The van der Waals surface area contributed by atoms with Crippen LogP contribution in [0.4, 0.5) is 0 Å². The van der Waals surface area contributed by atoms with E-state index in [1.165, 1.54) is 17.1 Å². The van der Waals surface area contributed by atoms with Crippen LogP contribution in [0.1, 0.15) is 19.3 Å². The van der Waals surface area contributed by atoms with Crippen LogP contribution in [0.2, 0.25) is 0 Å². The minimum atomic E-state index is -0.116. The lowest BCUT2D eigenvalue weighted by molar-refractivity contribution is -0.134. The van der Waals surface area contributed by atoms with Gasteiger partial charge in [-0.05, 0) is 37.3 Å². The van der Waals surface area contributed by atoms with Gasteiger partial charge in [-0.15, -0.1) is 12.4 Å². The van der Waals surface area contributed by atoms with E-state index in [9.17, 15) is 9.59 Å². The molecule has 5 nitrogen and oxygen atoms in total.